The van der Waals surface area contributed by atoms with Crippen LogP contribution in [0.5, 0.6) is 0 Å². The number of amides is 1. The van der Waals surface area contributed by atoms with E-state index in [4.69, 9.17) is 0 Å². The van der Waals surface area contributed by atoms with Gasteiger partial charge < -0.3 is 4.90 Å². The van der Waals surface area contributed by atoms with Gasteiger partial charge in [0, 0.05) is 31.6 Å². The van der Waals surface area contributed by atoms with Gasteiger partial charge in [-0.1, -0.05) is 44.2 Å². The minimum absolute atomic E-state index is 0.0662. The van der Waals surface area contributed by atoms with Crippen molar-refractivity contribution in [1.82, 2.24) is 19.0 Å². The molecule has 5 rings (SSSR count). The van der Waals surface area contributed by atoms with Crippen LogP contribution in [0, 0.1) is 6.92 Å². The van der Waals surface area contributed by atoms with E-state index in [1.165, 1.54) is 15.6 Å². The van der Waals surface area contributed by atoms with E-state index in [-0.39, 0.29) is 19.0 Å². The number of nitrogens with zero attached hydrogens (tertiary/aromatic N) is 4. The first kappa shape index (κ1) is 23.7. The highest BCUT2D eigenvalue weighted by molar-refractivity contribution is 7.89. The molecule has 1 aliphatic heterocycles. The number of aromatic nitrogens is 2. The van der Waals surface area contributed by atoms with Gasteiger partial charge in [-0.05, 0) is 48.7 Å². The highest BCUT2D eigenvalue weighted by atomic mass is 32.2. The van der Waals surface area contributed by atoms with Gasteiger partial charge in [-0.25, -0.2) is 13.1 Å². The van der Waals surface area contributed by atoms with Gasteiger partial charge in [0.25, 0.3) is 5.91 Å². The molecule has 4 aromatic rings. The summed E-state index contributed by atoms with van der Waals surface area (Å²) in [7, 11) is -3.59. The molecule has 35 heavy (non-hydrogen) atoms. The summed E-state index contributed by atoms with van der Waals surface area (Å²) in [4.78, 5) is 16.9. The molecule has 0 radical (unpaired) electrons. The third-order valence-electron chi connectivity index (χ3n) is 6.47. The normalized spacial score (nSPS) is 15.3. The lowest BCUT2D eigenvalue weighted by Crippen LogP contribution is -2.50. The monoisotopic (exact) mass is 508 g/mol. The van der Waals surface area contributed by atoms with Crippen molar-refractivity contribution in [3.8, 4) is 5.69 Å². The third kappa shape index (κ3) is 4.39. The average molecular weight is 509 g/mol. The fourth-order valence-corrected chi connectivity index (χ4v) is 6.93. The predicted octanol–water partition coefficient (Wildman–Crippen LogP) is 4.67. The molecule has 1 fully saturated rings. The first-order valence-corrected chi connectivity index (χ1v) is 14.0. The standard InChI is InChI=1S/C26H28N4O3S2/c1-18(2)20-9-11-22(12-10-20)35(32,33)29-15-13-28(14-16-29)25(31)24-17-23-19(3)27-30(26(23)34-24)21-7-5-4-6-8-21/h4-12,17-18H,13-16H2,1-3H3. The number of rotatable bonds is 5. The number of benzene rings is 2. The Hall–Kier alpha value is -3.01. The van der Waals surface area contributed by atoms with Crippen LogP contribution in [0.2, 0.25) is 0 Å². The molecule has 3 heterocycles. The van der Waals surface area contributed by atoms with Crippen molar-refractivity contribution in [2.24, 2.45) is 0 Å². The van der Waals surface area contributed by atoms with Gasteiger partial charge in [-0.2, -0.15) is 9.40 Å². The second-order valence-electron chi connectivity index (χ2n) is 9.08. The average Bonchev–Trinajstić information content (AvgIpc) is 3.45. The van der Waals surface area contributed by atoms with E-state index in [1.807, 2.05) is 60.1 Å². The van der Waals surface area contributed by atoms with E-state index in [2.05, 4.69) is 18.9 Å². The predicted molar refractivity (Wildman–Crippen MR) is 139 cm³/mol. The summed E-state index contributed by atoms with van der Waals surface area (Å²) < 4.78 is 29.6. The molecule has 9 heteroatoms. The number of sulfonamides is 1. The number of carbonyl (C=O) groups is 1. The summed E-state index contributed by atoms with van der Waals surface area (Å²) in [6.45, 7) is 7.38. The Morgan fingerprint density at radius 1 is 0.971 bits per heavy atom. The Morgan fingerprint density at radius 3 is 2.26 bits per heavy atom. The maximum atomic E-state index is 13.3. The van der Waals surface area contributed by atoms with Crippen molar-refractivity contribution in [2.75, 3.05) is 26.2 Å². The first-order valence-electron chi connectivity index (χ1n) is 11.7. The molecule has 0 unspecified atom stereocenters. The zero-order valence-electron chi connectivity index (χ0n) is 20.0. The van der Waals surface area contributed by atoms with Crippen LogP contribution < -0.4 is 0 Å². The number of aryl methyl sites for hydroxylation is 1. The SMILES string of the molecule is Cc1nn(-c2ccccc2)c2sc(C(=O)N3CCN(S(=O)(=O)c4ccc(C(C)C)cc4)CC3)cc12. The number of thiophene rings is 1. The van der Waals surface area contributed by atoms with Crippen molar-refractivity contribution in [3.05, 3.63) is 76.8 Å². The van der Waals surface area contributed by atoms with Crippen LogP contribution >= 0.6 is 11.3 Å². The highest BCUT2D eigenvalue weighted by Crippen LogP contribution is 2.31. The molecule has 2 aromatic carbocycles. The lowest BCUT2D eigenvalue weighted by molar-refractivity contribution is 0.0703. The Morgan fingerprint density at radius 2 is 1.63 bits per heavy atom. The summed E-state index contributed by atoms with van der Waals surface area (Å²) in [5, 5.41) is 5.61. The summed E-state index contributed by atoms with van der Waals surface area (Å²) >= 11 is 1.43. The van der Waals surface area contributed by atoms with E-state index >= 15 is 0 Å². The van der Waals surface area contributed by atoms with Gasteiger partial charge in [-0.3, -0.25) is 4.79 Å². The molecular weight excluding hydrogens is 480 g/mol. The van der Waals surface area contributed by atoms with Crippen LogP contribution in [0.4, 0.5) is 0 Å². The molecule has 0 N–H and O–H groups in total. The summed E-state index contributed by atoms with van der Waals surface area (Å²) in [5.41, 5.74) is 2.93. The molecule has 0 spiro atoms. The number of fused-ring (bicyclic) bond motifs is 1. The molecule has 0 saturated carbocycles. The van der Waals surface area contributed by atoms with Gasteiger partial charge >= 0.3 is 0 Å². The zero-order valence-corrected chi connectivity index (χ0v) is 21.6. The number of hydrogen-bond donors (Lipinski definition) is 0. The van der Waals surface area contributed by atoms with Crippen molar-refractivity contribution < 1.29 is 13.2 Å². The lowest BCUT2D eigenvalue weighted by atomic mass is 10.0. The van der Waals surface area contributed by atoms with Gasteiger partial charge in [0.1, 0.15) is 4.83 Å². The van der Waals surface area contributed by atoms with Crippen LogP contribution in [-0.2, 0) is 10.0 Å². The van der Waals surface area contributed by atoms with Gasteiger partial charge in [-0.15, -0.1) is 11.3 Å². The van der Waals surface area contributed by atoms with Crippen LogP contribution in [0.25, 0.3) is 15.9 Å². The quantitative estimate of drug-likeness (QED) is 0.393. The zero-order chi connectivity index (χ0) is 24.7. The van der Waals surface area contributed by atoms with Crippen molar-refractivity contribution in [1.29, 1.82) is 0 Å². The molecule has 0 aliphatic carbocycles. The molecule has 1 aliphatic rings. The van der Waals surface area contributed by atoms with Crippen LogP contribution in [0.3, 0.4) is 0 Å². The van der Waals surface area contributed by atoms with Crippen molar-refractivity contribution in [2.45, 2.75) is 31.6 Å². The Labute approximate surface area is 209 Å². The first-order chi connectivity index (χ1) is 16.8. The number of piperazine rings is 1. The van der Waals surface area contributed by atoms with Crippen molar-refractivity contribution in [3.63, 3.8) is 0 Å². The van der Waals surface area contributed by atoms with E-state index in [0.717, 1.165) is 27.2 Å². The molecule has 0 bridgehead atoms. The number of para-hydroxylation sites is 1. The summed E-state index contributed by atoms with van der Waals surface area (Å²) in [5.74, 6) is 0.276. The number of hydrogen-bond acceptors (Lipinski definition) is 5. The summed E-state index contributed by atoms with van der Waals surface area (Å²) in [6.07, 6.45) is 0. The van der Waals surface area contributed by atoms with E-state index in [9.17, 15) is 13.2 Å². The molecule has 1 amide bonds. The van der Waals surface area contributed by atoms with Crippen LogP contribution in [0.15, 0.2) is 65.6 Å². The third-order valence-corrected chi connectivity index (χ3v) is 9.48. The molecule has 0 atom stereocenters. The Kier molecular flexibility index (Phi) is 6.25. The second-order valence-corrected chi connectivity index (χ2v) is 12.1. The van der Waals surface area contributed by atoms with Gasteiger partial charge in [0.2, 0.25) is 10.0 Å². The van der Waals surface area contributed by atoms with Crippen LogP contribution in [0.1, 0.15) is 40.7 Å². The van der Waals surface area contributed by atoms with Crippen molar-refractivity contribution >= 4 is 37.5 Å². The van der Waals surface area contributed by atoms with E-state index in [0.29, 0.717) is 28.8 Å². The Balaban J connectivity index is 1.31. The van der Waals surface area contributed by atoms with Gasteiger partial charge in [0.05, 0.1) is 21.2 Å². The maximum Gasteiger partial charge on any atom is 0.264 e. The molecule has 182 valence electrons. The second kappa shape index (κ2) is 9.22. The smallest absolute Gasteiger partial charge is 0.264 e. The lowest BCUT2D eigenvalue weighted by Gasteiger charge is -2.33. The fraction of sp³-hybridized carbons (Fsp3) is 0.308. The summed E-state index contributed by atoms with van der Waals surface area (Å²) in [6, 6.07) is 18.9. The molecular formula is C26H28N4O3S2. The van der Waals surface area contributed by atoms with Crippen LogP contribution in [-0.4, -0.2) is 59.5 Å². The Bertz CT molecular complexity index is 1460. The topological polar surface area (TPSA) is 75.5 Å². The minimum atomic E-state index is -3.59. The molecule has 1 saturated heterocycles. The fourth-order valence-electron chi connectivity index (χ4n) is 4.36. The van der Waals surface area contributed by atoms with Gasteiger partial charge in [0.15, 0.2) is 0 Å². The molecule has 2 aromatic heterocycles. The highest BCUT2D eigenvalue weighted by Gasteiger charge is 2.31. The maximum absolute atomic E-state index is 13.3. The van der Waals surface area contributed by atoms with E-state index in [1.54, 1.807) is 17.0 Å². The largest absolute Gasteiger partial charge is 0.335 e. The minimum Gasteiger partial charge on any atom is -0.335 e. The molecule has 7 nitrogen and oxygen atoms in total. The number of carbonyl (C=O) groups excluding carboxylic acids is 1. The van der Waals surface area contributed by atoms with E-state index < -0.39 is 10.0 Å².